The highest BCUT2D eigenvalue weighted by Gasteiger charge is 2.62. The summed E-state index contributed by atoms with van der Waals surface area (Å²) in [6.45, 7) is 1.16. The molecule has 0 radical (unpaired) electrons. The second-order valence-corrected chi connectivity index (χ2v) is 8.29. The summed E-state index contributed by atoms with van der Waals surface area (Å²) >= 11 is 5.91. The van der Waals surface area contributed by atoms with Crippen LogP contribution in [-0.4, -0.2) is 43.7 Å². The molecule has 150 valence electrons. The van der Waals surface area contributed by atoms with Crippen LogP contribution in [0.3, 0.4) is 0 Å². The molecule has 2 aliphatic rings. The highest BCUT2D eigenvalue weighted by Crippen LogP contribution is 2.57. The van der Waals surface area contributed by atoms with Crippen LogP contribution in [0.4, 0.5) is 26.4 Å². The number of halogens is 3. The molecule has 2 fully saturated rings. The van der Waals surface area contributed by atoms with E-state index < -0.39 is 5.92 Å². The molecule has 1 aliphatic carbocycles. The van der Waals surface area contributed by atoms with E-state index in [2.05, 4.69) is 25.4 Å². The van der Waals surface area contributed by atoms with Crippen molar-refractivity contribution in [3.8, 4) is 11.4 Å². The number of nitrogens with zero attached hydrogens (tertiary/aromatic N) is 6. The van der Waals surface area contributed by atoms with E-state index in [0.717, 1.165) is 5.69 Å². The lowest BCUT2D eigenvalue weighted by atomic mass is 9.61. The Balaban J connectivity index is 1.27. The van der Waals surface area contributed by atoms with Crippen LogP contribution in [0.25, 0.3) is 11.4 Å². The van der Waals surface area contributed by atoms with E-state index in [1.165, 1.54) is 0 Å². The summed E-state index contributed by atoms with van der Waals surface area (Å²) in [4.78, 5) is 15.2. The largest absolute Gasteiger partial charge is 0.340 e. The molecule has 1 N–H and O–H groups in total. The molecular formula is C19H18ClF2N7. The fraction of sp³-hybridized carbons (Fsp3) is 0.368. The van der Waals surface area contributed by atoms with Gasteiger partial charge in [-0.1, -0.05) is 11.6 Å². The van der Waals surface area contributed by atoms with E-state index in [0.29, 0.717) is 41.4 Å². The van der Waals surface area contributed by atoms with Gasteiger partial charge in [-0.15, -0.1) is 5.10 Å². The quantitative estimate of drug-likeness (QED) is 0.694. The van der Waals surface area contributed by atoms with Crippen molar-refractivity contribution in [1.82, 2.24) is 24.7 Å². The minimum atomic E-state index is -2.50. The van der Waals surface area contributed by atoms with Gasteiger partial charge in [0.05, 0.1) is 5.56 Å². The van der Waals surface area contributed by atoms with Gasteiger partial charge in [0, 0.05) is 61.5 Å². The van der Waals surface area contributed by atoms with Crippen LogP contribution in [0.1, 0.15) is 12.8 Å². The van der Waals surface area contributed by atoms with Crippen molar-refractivity contribution in [2.75, 3.05) is 23.3 Å². The summed E-state index contributed by atoms with van der Waals surface area (Å²) in [5.41, 5.74) is 1.27. The van der Waals surface area contributed by atoms with Crippen LogP contribution in [0.5, 0.6) is 0 Å². The lowest BCUT2D eigenvalue weighted by Gasteiger charge is -2.58. The predicted octanol–water partition coefficient (Wildman–Crippen LogP) is 3.90. The van der Waals surface area contributed by atoms with Crippen LogP contribution in [0, 0.1) is 5.41 Å². The highest BCUT2D eigenvalue weighted by molar-refractivity contribution is 6.30. The van der Waals surface area contributed by atoms with Crippen molar-refractivity contribution in [1.29, 1.82) is 0 Å². The number of anilines is 3. The Morgan fingerprint density at radius 3 is 2.34 bits per heavy atom. The van der Waals surface area contributed by atoms with Crippen LogP contribution >= 0.6 is 11.6 Å². The molecule has 29 heavy (non-hydrogen) atoms. The molecule has 0 bridgehead atoms. The lowest BCUT2D eigenvalue weighted by Crippen LogP contribution is -2.66. The first-order valence-corrected chi connectivity index (χ1v) is 9.58. The van der Waals surface area contributed by atoms with Crippen LogP contribution in [0.15, 0.2) is 36.7 Å². The molecule has 3 heterocycles. The Bertz CT molecular complexity index is 1030. The molecule has 1 aliphatic heterocycles. The maximum atomic E-state index is 13.1. The highest BCUT2D eigenvalue weighted by atomic mass is 35.5. The predicted molar refractivity (Wildman–Crippen MR) is 106 cm³/mol. The average Bonchev–Trinajstić information content (AvgIpc) is 3.00. The van der Waals surface area contributed by atoms with Crippen molar-refractivity contribution >= 4 is 29.2 Å². The minimum absolute atomic E-state index is 0.0319. The summed E-state index contributed by atoms with van der Waals surface area (Å²) in [7, 11) is 1.79. The van der Waals surface area contributed by atoms with Gasteiger partial charge in [0.2, 0.25) is 17.8 Å². The number of aryl methyl sites for hydroxylation is 1. The van der Waals surface area contributed by atoms with Gasteiger partial charge >= 0.3 is 0 Å². The number of rotatable bonds is 4. The average molecular weight is 418 g/mol. The van der Waals surface area contributed by atoms with Gasteiger partial charge in [-0.25, -0.2) is 23.4 Å². The monoisotopic (exact) mass is 417 g/mol. The lowest BCUT2D eigenvalue weighted by molar-refractivity contribution is -0.170. The van der Waals surface area contributed by atoms with Gasteiger partial charge in [0.25, 0.3) is 0 Å². The first-order chi connectivity index (χ1) is 13.8. The zero-order chi connectivity index (χ0) is 20.2. The second kappa shape index (κ2) is 6.35. The van der Waals surface area contributed by atoms with Crippen LogP contribution < -0.4 is 10.2 Å². The third kappa shape index (κ3) is 3.39. The van der Waals surface area contributed by atoms with E-state index in [-0.39, 0.29) is 18.3 Å². The molecule has 1 saturated heterocycles. The normalized spacial score (nSPS) is 19.0. The number of alkyl halides is 2. The molecule has 3 aromatic rings. The number of nitrogens with one attached hydrogen (secondary N) is 1. The Labute approximate surface area is 170 Å². The summed E-state index contributed by atoms with van der Waals surface area (Å²) in [6, 6.07) is 7.29. The Kier molecular flexibility index (Phi) is 3.99. The fourth-order valence-electron chi connectivity index (χ4n) is 4.05. The van der Waals surface area contributed by atoms with E-state index >= 15 is 0 Å². The molecule has 0 atom stereocenters. The number of hydrogen-bond donors (Lipinski definition) is 1. The zero-order valence-corrected chi connectivity index (χ0v) is 16.4. The number of aromatic nitrogens is 5. The summed E-state index contributed by atoms with van der Waals surface area (Å²) < 4.78 is 27.9. The minimum Gasteiger partial charge on any atom is -0.340 e. The van der Waals surface area contributed by atoms with E-state index in [1.807, 2.05) is 17.0 Å². The summed E-state index contributed by atoms with van der Waals surface area (Å²) in [5, 5.41) is 8.25. The molecule has 2 aromatic heterocycles. The molecule has 5 rings (SSSR count). The molecular weight excluding hydrogens is 400 g/mol. The van der Waals surface area contributed by atoms with Gasteiger partial charge in [-0.2, -0.15) is 4.98 Å². The second-order valence-electron chi connectivity index (χ2n) is 7.85. The van der Waals surface area contributed by atoms with Crippen LogP contribution in [-0.2, 0) is 7.05 Å². The molecule has 1 saturated carbocycles. The third-order valence-electron chi connectivity index (χ3n) is 5.36. The maximum absolute atomic E-state index is 13.1. The zero-order valence-electron chi connectivity index (χ0n) is 15.6. The van der Waals surface area contributed by atoms with Crippen molar-refractivity contribution in [3.05, 3.63) is 41.7 Å². The SMILES string of the molecule is Cn1nc(-c2cnc(N3CC4(C3)CC(F)(F)C4)nc2)nc1Nc1ccc(Cl)cc1. The van der Waals surface area contributed by atoms with Gasteiger partial charge in [0.1, 0.15) is 0 Å². The topological polar surface area (TPSA) is 71.8 Å². The summed E-state index contributed by atoms with van der Waals surface area (Å²) in [5.74, 6) is -0.889. The van der Waals surface area contributed by atoms with Crippen molar-refractivity contribution < 1.29 is 8.78 Å². The van der Waals surface area contributed by atoms with E-state index in [4.69, 9.17) is 11.6 Å². The summed E-state index contributed by atoms with van der Waals surface area (Å²) in [6.07, 6.45) is 3.25. The Morgan fingerprint density at radius 1 is 1.07 bits per heavy atom. The molecule has 7 nitrogen and oxygen atoms in total. The van der Waals surface area contributed by atoms with Crippen LogP contribution in [0.2, 0.25) is 5.02 Å². The number of benzene rings is 1. The third-order valence-corrected chi connectivity index (χ3v) is 5.61. The first kappa shape index (κ1) is 18.2. The Morgan fingerprint density at radius 2 is 1.72 bits per heavy atom. The Hall–Kier alpha value is -2.81. The number of hydrogen-bond acceptors (Lipinski definition) is 6. The van der Waals surface area contributed by atoms with Gasteiger partial charge < -0.3 is 10.2 Å². The van der Waals surface area contributed by atoms with Crippen molar-refractivity contribution in [2.24, 2.45) is 12.5 Å². The van der Waals surface area contributed by atoms with Gasteiger partial charge in [-0.3, -0.25) is 0 Å². The molecule has 0 amide bonds. The van der Waals surface area contributed by atoms with E-state index in [1.54, 1.807) is 36.3 Å². The smallest absolute Gasteiger partial charge is 0.249 e. The fourth-order valence-corrected chi connectivity index (χ4v) is 4.18. The maximum Gasteiger partial charge on any atom is 0.249 e. The molecule has 10 heteroatoms. The first-order valence-electron chi connectivity index (χ1n) is 9.20. The molecule has 0 unspecified atom stereocenters. The van der Waals surface area contributed by atoms with Gasteiger partial charge in [0.15, 0.2) is 5.82 Å². The van der Waals surface area contributed by atoms with E-state index in [9.17, 15) is 8.78 Å². The molecule has 1 aromatic carbocycles. The molecule has 1 spiro atoms. The van der Waals surface area contributed by atoms with Crippen molar-refractivity contribution in [3.63, 3.8) is 0 Å². The standard InChI is InChI=1S/C19H18ClF2N7/c1-28-17(25-14-4-2-13(20)3-5-14)26-15(27-28)12-6-23-16(24-7-12)29-10-18(11-29)8-19(21,22)9-18/h2-7H,8-11H2,1H3,(H,25,26,27). The van der Waals surface area contributed by atoms with Crippen molar-refractivity contribution in [2.45, 2.75) is 18.8 Å². The van der Waals surface area contributed by atoms with Gasteiger partial charge in [-0.05, 0) is 24.3 Å².